The molecule has 2 aromatic carbocycles. The van der Waals surface area contributed by atoms with E-state index in [0.717, 1.165) is 18.4 Å². The zero-order chi connectivity index (χ0) is 16.7. The lowest BCUT2D eigenvalue weighted by atomic mass is 10.2. The fourth-order valence-electron chi connectivity index (χ4n) is 1.95. The van der Waals surface area contributed by atoms with Crippen molar-refractivity contribution in [2.45, 2.75) is 31.2 Å². The summed E-state index contributed by atoms with van der Waals surface area (Å²) < 4.78 is 32.9. The summed E-state index contributed by atoms with van der Waals surface area (Å²) in [6.45, 7) is 2.80. The summed E-state index contributed by atoms with van der Waals surface area (Å²) in [6.07, 6.45) is 1.88. The van der Waals surface area contributed by atoms with Gasteiger partial charge >= 0.3 is 0 Å². The summed E-state index contributed by atoms with van der Waals surface area (Å²) in [5, 5.41) is 0.406. The van der Waals surface area contributed by atoms with Gasteiger partial charge in [-0.2, -0.15) is 0 Å². The number of unbranched alkanes of at least 4 members (excludes halogenated alkanes) is 1. The Bertz CT molecular complexity index is 733. The largest absolute Gasteiger partial charge is 0.492 e. The van der Waals surface area contributed by atoms with Crippen molar-refractivity contribution in [1.29, 1.82) is 0 Å². The van der Waals surface area contributed by atoms with E-state index in [4.69, 9.17) is 16.3 Å². The Morgan fingerprint density at radius 2 is 1.87 bits per heavy atom. The molecular formula is C17H20ClNO3S. The molecule has 0 aromatic heterocycles. The molecule has 0 aliphatic heterocycles. The van der Waals surface area contributed by atoms with E-state index in [-0.39, 0.29) is 11.4 Å². The van der Waals surface area contributed by atoms with Crippen LogP contribution < -0.4 is 9.46 Å². The number of ether oxygens (including phenoxy) is 1. The zero-order valence-corrected chi connectivity index (χ0v) is 14.5. The van der Waals surface area contributed by atoms with Gasteiger partial charge in [-0.05, 0) is 24.1 Å². The molecule has 0 aliphatic rings. The second-order valence-electron chi connectivity index (χ2n) is 5.10. The Hall–Kier alpha value is -1.56. The summed E-state index contributed by atoms with van der Waals surface area (Å²) in [6, 6.07) is 13.8. The zero-order valence-electron chi connectivity index (χ0n) is 13.0. The second kappa shape index (κ2) is 8.34. The molecule has 0 aliphatic carbocycles. The summed E-state index contributed by atoms with van der Waals surface area (Å²) in [5.41, 5.74) is 0.893. The second-order valence-corrected chi connectivity index (χ2v) is 7.28. The van der Waals surface area contributed by atoms with Crippen molar-refractivity contribution in [3.05, 3.63) is 59.1 Å². The number of hydrogen-bond donors (Lipinski definition) is 1. The van der Waals surface area contributed by atoms with Crippen molar-refractivity contribution >= 4 is 21.6 Å². The number of rotatable bonds is 8. The molecule has 0 amide bonds. The van der Waals surface area contributed by atoms with Crippen molar-refractivity contribution in [2.75, 3.05) is 6.61 Å². The van der Waals surface area contributed by atoms with Gasteiger partial charge < -0.3 is 4.74 Å². The normalized spacial score (nSPS) is 11.4. The highest BCUT2D eigenvalue weighted by Crippen LogP contribution is 2.27. The fourth-order valence-corrected chi connectivity index (χ4v) is 3.15. The Balaban J connectivity index is 2.11. The Labute approximate surface area is 142 Å². The Kier molecular flexibility index (Phi) is 6.45. The summed E-state index contributed by atoms with van der Waals surface area (Å²) in [7, 11) is -3.62. The van der Waals surface area contributed by atoms with Gasteiger partial charge in [0.1, 0.15) is 5.75 Å². The highest BCUT2D eigenvalue weighted by atomic mass is 35.5. The van der Waals surface area contributed by atoms with Crippen LogP contribution in [-0.4, -0.2) is 15.0 Å². The van der Waals surface area contributed by atoms with E-state index in [1.165, 1.54) is 12.1 Å². The maximum absolute atomic E-state index is 12.4. The van der Waals surface area contributed by atoms with Crippen LogP contribution in [0.4, 0.5) is 0 Å². The lowest BCUT2D eigenvalue weighted by molar-refractivity contribution is 0.309. The smallest absolute Gasteiger partial charge is 0.241 e. The van der Waals surface area contributed by atoms with E-state index in [1.807, 2.05) is 30.3 Å². The summed E-state index contributed by atoms with van der Waals surface area (Å²) in [5.74, 6) is 0.391. The fraction of sp³-hybridized carbons (Fsp3) is 0.294. The average Bonchev–Trinajstić information content (AvgIpc) is 2.56. The molecule has 0 heterocycles. The minimum Gasteiger partial charge on any atom is -0.492 e. The van der Waals surface area contributed by atoms with Crippen LogP contribution in [-0.2, 0) is 16.6 Å². The molecule has 0 atom stereocenters. The molecule has 0 fully saturated rings. The third-order valence-corrected chi connectivity index (χ3v) is 4.99. The molecule has 2 rings (SSSR count). The van der Waals surface area contributed by atoms with Crippen molar-refractivity contribution in [3.8, 4) is 5.75 Å². The predicted molar refractivity (Wildman–Crippen MR) is 92.3 cm³/mol. The monoisotopic (exact) mass is 353 g/mol. The van der Waals surface area contributed by atoms with Crippen LogP contribution in [0.1, 0.15) is 25.3 Å². The van der Waals surface area contributed by atoms with Gasteiger partial charge in [0, 0.05) is 12.6 Å². The van der Waals surface area contributed by atoms with E-state index in [1.54, 1.807) is 6.07 Å². The Morgan fingerprint density at radius 3 is 2.57 bits per heavy atom. The lowest BCUT2D eigenvalue weighted by Gasteiger charge is -2.11. The van der Waals surface area contributed by atoms with Crippen LogP contribution >= 0.6 is 11.6 Å². The van der Waals surface area contributed by atoms with Crippen molar-refractivity contribution in [2.24, 2.45) is 0 Å². The van der Waals surface area contributed by atoms with E-state index in [2.05, 4.69) is 11.6 Å². The van der Waals surface area contributed by atoms with E-state index < -0.39 is 10.0 Å². The van der Waals surface area contributed by atoms with Gasteiger partial charge in [-0.1, -0.05) is 55.3 Å². The van der Waals surface area contributed by atoms with Gasteiger partial charge in [-0.25, -0.2) is 13.1 Å². The molecule has 124 valence electrons. The van der Waals surface area contributed by atoms with Gasteiger partial charge in [-0.3, -0.25) is 0 Å². The molecular weight excluding hydrogens is 334 g/mol. The molecule has 0 saturated heterocycles. The standard InChI is InChI=1S/C17H20ClNO3S/c1-2-3-11-22-17-12-15(9-10-16(17)18)23(20,21)19-13-14-7-5-4-6-8-14/h4-10,12,19H,2-3,11,13H2,1H3. The number of hydrogen-bond acceptors (Lipinski definition) is 3. The quantitative estimate of drug-likeness (QED) is 0.730. The first-order valence-corrected chi connectivity index (χ1v) is 9.35. The Morgan fingerprint density at radius 1 is 1.13 bits per heavy atom. The van der Waals surface area contributed by atoms with Gasteiger partial charge in [0.25, 0.3) is 0 Å². The number of nitrogens with one attached hydrogen (secondary N) is 1. The van der Waals surface area contributed by atoms with Crippen LogP contribution in [0.2, 0.25) is 5.02 Å². The third kappa shape index (κ3) is 5.23. The summed E-state index contributed by atoms with van der Waals surface area (Å²) in [4.78, 5) is 0.143. The highest BCUT2D eigenvalue weighted by Gasteiger charge is 2.16. The molecule has 0 bridgehead atoms. The van der Waals surface area contributed by atoms with Crippen LogP contribution in [0.5, 0.6) is 5.75 Å². The van der Waals surface area contributed by atoms with Crippen LogP contribution in [0, 0.1) is 0 Å². The van der Waals surface area contributed by atoms with Gasteiger partial charge in [0.15, 0.2) is 0 Å². The van der Waals surface area contributed by atoms with Crippen molar-refractivity contribution in [1.82, 2.24) is 4.72 Å². The average molecular weight is 354 g/mol. The molecule has 1 N–H and O–H groups in total. The molecule has 0 spiro atoms. The molecule has 0 saturated carbocycles. The predicted octanol–water partition coefficient (Wildman–Crippen LogP) is 4.00. The van der Waals surface area contributed by atoms with Gasteiger partial charge in [-0.15, -0.1) is 0 Å². The van der Waals surface area contributed by atoms with Crippen LogP contribution in [0.3, 0.4) is 0 Å². The molecule has 6 heteroatoms. The molecule has 2 aromatic rings. The van der Waals surface area contributed by atoms with E-state index in [9.17, 15) is 8.42 Å². The maximum atomic E-state index is 12.4. The lowest BCUT2D eigenvalue weighted by Crippen LogP contribution is -2.23. The number of sulfonamides is 1. The van der Waals surface area contributed by atoms with Crippen molar-refractivity contribution < 1.29 is 13.2 Å². The van der Waals surface area contributed by atoms with E-state index >= 15 is 0 Å². The summed E-state index contributed by atoms with van der Waals surface area (Å²) >= 11 is 6.06. The maximum Gasteiger partial charge on any atom is 0.241 e. The molecule has 23 heavy (non-hydrogen) atoms. The molecule has 4 nitrogen and oxygen atoms in total. The molecule has 0 radical (unpaired) electrons. The topological polar surface area (TPSA) is 55.4 Å². The minimum absolute atomic E-state index is 0.143. The first kappa shape index (κ1) is 17.8. The SMILES string of the molecule is CCCCOc1cc(S(=O)(=O)NCc2ccccc2)ccc1Cl. The third-order valence-electron chi connectivity index (χ3n) is 3.28. The van der Waals surface area contributed by atoms with Crippen LogP contribution in [0.25, 0.3) is 0 Å². The first-order chi connectivity index (χ1) is 11.0. The van der Waals surface area contributed by atoms with Gasteiger partial charge in [0.2, 0.25) is 10.0 Å². The highest BCUT2D eigenvalue weighted by molar-refractivity contribution is 7.89. The van der Waals surface area contributed by atoms with Crippen LogP contribution in [0.15, 0.2) is 53.4 Å². The number of benzene rings is 2. The number of halogens is 1. The molecule has 0 unspecified atom stereocenters. The van der Waals surface area contributed by atoms with Gasteiger partial charge in [0.05, 0.1) is 16.5 Å². The first-order valence-electron chi connectivity index (χ1n) is 7.49. The van der Waals surface area contributed by atoms with E-state index in [0.29, 0.717) is 17.4 Å². The minimum atomic E-state index is -3.62. The van der Waals surface area contributed by atoms with Crippen molar-refractivity contribution in [3.63, 3.8) is 0 Å².